The summed E-state index contributed by atoms with van der Waals surface area (Å²) in [5.74, 6) is 1.08. The quantitative estimate of drug-likeness (QED) is 0.913. The molecule has 1 amide bonds. The number of aromatic nitrogens is 1. The van der Waals surface area contributed by atoms with E-state index in [1.807, 2.05) is 0 Å². The number of likely N-dealkylation sites (tertiary alicyclic amines) is 1. The second-order valence-corrected chi connectivity index (χ2v) is 6.41. The van der Waals surface area contributed by atoms with Gasteiger partial charge in [-0.05, 0) is 52.1 Å². The number of nitrogens with zero attached hydrogens (tertiary/aromatic N) is 2. The Kier molecular flexibility index (Phi) is 4.78. The van der Waals surface area contributed by atoms with Crippen molar-refractivity contribution in [2.45, 2.75) is 39.2 Å². The third-order valence-corrected chi connectivity index (χ3v) is 4.88. The molecule has 22 heavy (non-hydrogen) atoms. The minimum atomic E-state index is -0.0668. The third-order valence-electron chi connectivity index (χ3n) is 4.88. The zero-order valence-electron chi connectivity index (χ0n) is 13.4. The molecule has 1 N–H and O–H groups in total. The van der Waals surface area contributed by atoms with Crippen molar-refractivity contribution in [3.8, 4) is 0 Å². The van der Waals surface area contributed by atoms with E-state index in [0.29, 0.717) is 29.0 Å². The van der Waals surface area contributed by atoms with Crippen LogP contribution in [-0.2, 0) is 4.74 Å². The molecule has 0 unspecified atom stereocenters. The Morgan fingerprint density at radius 2 is 2.09 bits per heavy atom. The van der Waals surface area contributed by atoms with E-state index >= 15 is 0 Å². The molecule has 0 radical (unpaired) electrons. The highest BCUT2D eigenvalue weighted by atomic mass is 16.5. The average molecular weight is 307 g/mol. The maximum atomic E-state index is 12.2. The number of carbonyl (C=O) groups is 1. The van der Waals surface area contributed by atoms with Crippen LogP contribution in [-0.4, -0.2) is 54.9 Å². The van der Waals surface area contributed by atoms with Gasteiger partial charge in [-0.3, -0.25) is 9.69 Å². The first-order valence-electron chi connectivity index (χ1n) is 8.18. The summed E-state index contributed by atoms with van der Waals surface area (Å²) in [7, 11) is 0. The number of piperidine rings is 1. The van der Waals surface area contributed by atoms with Gasteiger partial charge in [-0.1, -0.05) is 5.16 Å². The molecule has 0 spiro atoms. The van der Waals surface area contributed by atoms with Crippen molar-refractivity contribution in [2.75, 3.05) is 32.8 Å². The zero-order valence-corrected chi connectivity index (χ0v) is 13.4. The van der Waals surface area contributed by atoms with Gasteiger partial charge in [0.15, 0.2) is 0 Å². The van der Waals surface area contributed by atoms with Crippen molar-refractivity contribution in [1.29, 1.82) is 0 Å². The first-order valence-corrected chi connectivity index (χ1v) is 8.18. The highest BCUT2D eigenvalue weighted by Gasteiger charge is 2.28. The fourth-order valence-corrected chi connectivity index (χ4v) is 3.46. The molecule has 122 valence electrons. The van der Waals surface area contributed by atoms with E-state index in [9.17, 15) is 4.79 Å². The molecule has 1 atom stereocenters. The van der Waals surface area contributed by atoms with Gasteiger partial charge in [0.05, 0.1) is 12.3 Å². The number of hydrogen-bond donors (Lipinski definition) is 1. The van der Waals surface area contributed by atoms with Gasteiger partial charge in [0.2, 0.25) is 0 Å². The van der Waals surface area contributed by atoms with Crippen molar-refractivity contribution in [3.05, 3.63) is 17.0 Å². The number of ether oxygens (including phenoxy) is 1. The van der Waals surface area contributed by atoms with Crippen LogP contribution in [0.4, 0.5) is 0 Å². The molecule has 2 fully saturated rings. The minimum absolute atomic E-state index is 0.0668. The molecule has 0 bridgehead atoms. The van der Waals surface area contributed by atoms with E-state index in [1.54, 1.807) is 13.8 Å². The predicted octanol–water partition coefficient (Wildman–Crippen LogP) is 1.52. The molecule has 0 aromatic carbocycles. The minimum Gasteiger partial charge on any atom is -0.380 e. The average Bonchev–Trinajstić information content (AvgIpc) is 3.16. The molecule has 1 aromatic heterocycles. The monoisotopic (exact) mass is 307 g/mol. The van der Waals surface area contributed by atoms with Gasteiger partial charge in [-0.15, -0.1) is 0 Å². The van der Waals surface area contributed by atoms with E-state index in [4.69, 9.17) is 9.26 Å². The topological polar surface area (TPSA) is 67.6 Å². The summed E-state index contributed by atoms with van der Waals surface area (Å²) in [5.41, 5.74) is 1.24. The number of hydrogen-bond acceptors (Lipinski definition) is 5. The van der Waals surface area contributed by atoms with Crippen LogP contribution in [0.25, 0.3) is 0 Å². The van der Waals surface area contributed by atoms with Crippen molar-refractivity contribution in [3.63, 3.8) is 0 Å². The Morgan fingerprint density at radius 1 is 1.32 bits per heavy atom. The molecular formula is C16H25N3O3. The molecule has 3 rings (SSSR count). The molecule has 2 saturated heterocycles. The highest BCUT2D eigenvalue weighted by molar-refractivity contribution is 5.96. The Hall–Kier alpha value is -1.40. The molecule has 6 heteroatoms. The van der Waals surface area contributed by atoms with Crippen LogP contribution in [0.5, 0.6) is 0 Å². The first kappa shape index (κ1) is 15.5. The van der Waals surface area contributed by atoms with Crippen LogP contribution in [0.1, 0.15) is 41.1 Å². The Morgan fingerprint density at radius 3 is 2.68 bits per heavy atom. The summed E-state index contributed by atoms with van der Waals surface area (Å²) in [4.78, 5) is 14.8. The van der Waals surface area contributed by atoms with Gasteiger partial charge < -0.3 is 14.6 Å². The van der Waals surface area contributed by atoms with Crippen LogP contribution in [0.3, 0.4) is 0 Å². The van der Waals surface area contributed by atoms with Crippen molar-refractivity contribution in [2.24, 2.45) is 5.92 Å². The molecule has 3 heterocycles. The smallest absolute Gasteiger partial charge is 0.256 e. The molecule has 0 aliphatic carbocycles. The van der Waals surface area contributed by atoms with Gasteiger partial charge in [-0.2, -0.15) is 0 Å². The van der Waals surface area contributed by atoms with E-state index in [1.165, 1.54) is 0 Å². The Balaban J connectivity index is 1.44. The highest BCUT2D eigenvalue weighted by Crippen LogP contribution is 2.22. The predicted molar refractivity (Wildman–Crippen MR) is 81.8 cm³/mol. The lowest BCUT2D eigenvalue weighted by Crippen LogP contribution is -2.44. The molecule has 1 aromatic rings. The maximum absolute atomic E-state index is 12.2. The lowest BCUT2D eigenvalue weighted by molar-refractivity contribution is 0.0909. The molecular weight excluding hydrogens is 282 g/mol. The molecule has 2 aliphatic heterocycles. The molecule has 6 nitrogen and oxygen atoms in total. The summed E-state index contributed by atoms with van der Waals surface area (Å²) < 4.78 is 10.5. The number of rotatable bonds is 4. The second-order valence-electron chi connectivity index (χ2n) is 6.41. The largest absolute Gasteiger partial charge is 0.380 e. The standard InChI is InChI=1S/C16H25N3O3/c1-11-15(12(2)22-18-11)16(20)17-9-13-3-6-19(7-4-13)14-5-8-21-10-14/h13-14H,3-10H2,1-2H3,(H,17,20)/t14-/m0/s1. The van der Waals surface area contributed by atoms with Crippen LogP contribution in [0.2, 0.25) is 0 Å². The normalized spacial score (nSPS) is 23.8. The van der Waals surface area contributed by atoms with Crippen LogP contribution in [0.15, 0.2) is 4.52 Å². The SMILES string of the molecule is Cc1noc(C)c1C(=O)NCC1CCN([C@H]2CCOC2)CC1. The number of nitrogens with one attached hydrogen (secondary N) is 1. The van der Waals surface area contributed by atoms with E-state index in [0.717, 1.165) is 52.1 Å². The first-order chi connectivity index (χ1) is 10.6. The van der Waals surface area contributed by atoms with Crippen LogP contribution in [0, 0.1) is 19.8 Å². The Labute approximate surface area is 131 Å². The van der Waals surface area contributed by atoms with E-state index < -0.39 is 0 Å². The van der Waals surface area contributed by atoms with Crippen molar-refractivity contribution in [1.82, 2.24) is 15.4 Å². The van der Waals surface area contributed by atoms with Gasteiger partial charge >= 0.3 is 0 Å². The van der Waals surface area contributed by atoms with E-state index in [-0.39, 0.29) is 5.91 Å². The van der Waals surface area contributed by atoms with Crippen molar-refractivity contribution < 1.29 is 14.1 Å². The van der Waals surface area contributed by atoms with Gasteiger partial charge in [0, 0.05) is 19.2 Å². The zero-order chi connectivity index (χ0) is 15.5. The fourth-order valence-electron chi connectivity index (χ4n) is 3.46. The van der Waals surface area contributed by atoms with E-state index in [2.05, 4.69) is 15.4 Å². The maximum Gasteiger partial charge on any atom is 0.256 e. The lowest BCUT2D eigenvalue weighted by atomic mass is 9.95. The molecule has 2 aliphatic rings. The summed E-state index contributed by atoms with van der Waals surface area (Å²) in [5, 5.41) is 6.87. The number of carbonyl (C=O) groups excluding carboxylic acids is 1. The summed E-state index contributed by atoms with van der Waals surface area (Å²) >= 11 is 0. The van der Waals surface area contributed by atoms with Crippen molar-refractivity contribution >= 4 is 5.91 Å². The lowest BCUT2D eigenvalue weighted by Gasteiger charge is -2.35. The third kappa shape index (κ3) is 3.33. The van der Waals surface area contributed by atoms with Crippen LogP contribution >= 0.6 is 0 Å². The van der Waals surface area contributed by atoms with Gasteiger partial charge in [-0.25, -0.2) is 0 Å². The Bertz CT molecular complexity index is 495. The van der Waals surface area contributed by atoms with Gasteiger partial charge in [0.25, 0.3) is 5.91 Å². The van der Waals surface area contributed by atoms with Gasteiger partial charge in [0.1, 0.15) is 11.3 Å². The van der Waals surface area contributed by atoms with Crippen LogP contribution < -0.4 is 5.32 Å². The number of amides is 1. The second kappa shape index (κ2) is 6.79. The summed E-state index contributed by atoms with van der Waals surface area (Å²) in [6.45, 7) is 8.31. The fraction of sp³-hybridized carbons (Fsp3) is 0.750. The molecule has 0 saturated carbocycles. The summed E-state index contributed by atoms with van der Waals surface area (Å²) in [6, 6.07) is 0.609. The number of aryl methyl sites for hydroxylation is 2. The summed E-state index contributed by atoms with van der Waals surface area (Å²) in [6.07, 6.45) is 3.43.